The zero-order valence-corrected chi connectivity index (χ0v) is 10.1. The molecule has 0 aliphatic heterocycles. The van der Waals surface area contributed by atoms with Crippen LogP contribution in [0.5, 0.6) is 0 Å². The molecule has 0 saturated heterocycles. The Hall–Kier alpha value is 0. The summed E-state index contributed by atoms with van der Waals surface area (Å²) in [5.41, 5.74) is 0. The minimum absolute atomic E-state index is 1.15. The van der Waals surface area contributed by atoms with Gasteiger partial charge in [0.2, 0.25) is 0 Å². The third kappa shape index (κ3) is 7.41. The Morgan fingerprint density at radius 3 is 1.71 bits per heavy atom. The molecule has 0 amide bonds. The van der Waals surface area contributed by atoms with Crippen LogP contribution in [0.2, 0.25) is 0 Å². The Bertz CT molecular complexity index is 113. The highest BCUT2D eigenvalue weighted by Gasteiger charge is 2.19. The first-order chi connectivity index (χ1) is 6.93. The summed E-state index contributed by atoms with van der Waals surface area (Å²) in [6.45, 7) is 2.29. The summed E-state index contributed by atoms with van der Waals surface area (Å²) in [6.07, 6.45) is 17.9. The van der Waals surface area contributed by atoms with E-state index < -0.39 is 0 Å². The summed E-state index contributed by atoms with van der Waals surface area (Å²) in [6, 6.07) is 0. The standard InChI is InChI=1S/C14H28/c1-2-3-4-5-6-7-8-9-10-11-14-12-13-14/h14H,2-13H2,1H3. The maximum absolute atomic E-state index is 2.29. The van der Waals surface area contributed by atoms with Crippen molar-refractivity contribution in [3.8, 4) is 0 Å². The summed E-state index contributed by atoms with van der Waals surface area (Å²) < 4.78 is 0. The molecule has 0 bridgehead atoms. The molecule has 0 aromatic heterocycles. The van der Waals surface area contributed by atoms with Crippen LogP contribution in [0.4, 0.5) is 0 Å². The maximum Gasteiger partial charge on any atom is -0.0414 e. The fourth-order valence-corrected chi connectivity index (χ4v) is 2.15. The molecule has 0 aromatic carbocycles. The maximum atomic E-state index is 2.29. The van der Waals surface area contributed by atoms with Crippen LogP contribution in [0.15, 0.2) is 0 Å². The van der Waals surface area contributed by atoms with Gasteiger partial charge in [-0.15, -0.1) is 0 Å². The van der Waals surface area contributed by atoms with E-state index >= 15 is 0 Å². The first kappa shape index (κ1) is 12.1. The van der Waals surface area contributed by atoms with E-state index in [1.165, 1.54) is 77.0 Å². The van der Waals surface area contributed by atoms with E-state index in [4.69, 9.17) is 0 Å². The molecule has 0 heteroatoms. The summed E-state index contributed by atoms with van der Waals surface area (Å²) >= 11 is 0. The number of hydrogen-bond donors (Lipinski definition) is 0. The van der Waals surface area contributed by atoms with Gasteiger partial charge in [0.1, 0.15) is 0 Å². The Morgan fingerprint density at radius 2 is 1.21 bits per heavy atom. The number of rotatable bonds is 10. The van der Waals surface area contributed by atoms with E-state index in [1.807, 2.05) is 0 Å². The predicted octanol–water partition coefficient (Wildman–Crippen LogP) is 5.32. The monoisotopic (exact) mass is 196 g/mol. The molecule has 1 aliphatic carbocycles. The van der Waals surface area contributed by atoms with E-state index in [0.717, 1.165) is 5.92 Å². The van der Waals surface area contributed by atoms with E-state index in [-0.39, 0.29) is 0 Å². The van der Waals surface area contributed by atoms with E-state index in [0.29, 0.717) is 0 Å². The molecule has 0 radical (unpaired) electrons. The average Bonchev–Trinajstić information content (AvgIpc) is 2.99. The van der Waals surface area contributed by atoms with Gasteiger partial charge < -0.3 is 0 Å². The Morgan fingerprint density at radius 1 is 0.714 bits per heavy atom. The van der Waals surface area contributed by atoms with Crippen LogP contribution in [0.3, 0.4) is 0 Å². The van der Waals surface area contributed by atoms with Crippen molar-refractivity contribution < 1.29 is 0 Å². The van der Waals surface area contributed by atoms with Crippen molar-refractivity contribution in [2.24, 2.45) is 5.92 Å². The molecule has 14 heavy (non-hydrogen) atoms. The lowest BCUT2D eigenvalue weighted by atomic mass is 10.1. The second-order valence-corrected chi connectivity index (χ2v) is 5.06. The van der Waals surface area contributed by atoms with Crippen molar-refractivity contribution in [3.05, 3.63) is 0 Å². The van der Waals surface area contributed by atoms with Gasteiger partial charge in [0.05, 0.1) is 0 Å². The van der Waals surface area contributed by atoms with Crippen LogP contribution in [-0.4, -0.2) is 0 Å². The fourth-order valence-electron chi connectivity index (χ4n) is 2.15. The molecule has 0 spiro atoms. The third-order valence-electron chi connectivity index (χ3n) is 3.41. The van der Waals surface area contributed by atoms with Crippen molar-refractivity contribution in [2.75, 3.05) is 0 Å². The topological polar surface area (TPSA) is 0 Å². The van der Waals surface area contributed by atoms with Gasteiger partial charge in [-0.2, -0.15) is 0 Å². The lowest BCUT2D eigenvalue weighted by molar-refractivity contribution is 0.545. The van der Waals surface area contributed by atoms with Gasteiger partial charge in [-0.1, -0.05) is 84.0 Å². The summed E-state index contributed by atoms with van der Waals surface area (Å²) in [5.74, 6) is 1.15. The van der Waals surface area contributed by atoms with E-state index in [9.17, 15) is 0 Å². The molecule has 1 aliphatic rings. The van der Waals surface area contributed by atoms with Crippen LogP contribution in [0.25, 0.3) is 0 Å². The lowest BCUT2D eigenvalue weighted by Gasteiger charge is -2.01. The van der Waals surface area contributed by atoms with Gasteiger partial charge in [-0.3, -0.25) is 0 Å². The predicted molar refractivity (Wildman–Crippen MR) is 64.6 cm³/mol. The highest BCUT2D eigenvalue weighted by Crippen LogP contribution is 2.34. The molecule has 84 valence electrons. The molecule has 0 N–H and O–H groups in total. The second kappa shape index (κ2) is 8.32. The molecule has 1 fully saturated rings. The second-order valence-electron chi connectivity index (χ2n) is 5.06. The van der Waals surface area contributed by atoms with Crippen LogP contribution >= 0.6 is 0 Å². The highest BCUT2D eigenvalue weighted by molar-refractivity contribution is 4.72. The minimum Gasteiger partial charge on any atom is -0.0654 e. The molecule has 1 rings (SSSR count). The van der Waals surface area contributed by atoms with E-state index in [1.54, 1.807) is 0 Å². The zero-order valence-electron chi connectivity index (χ0n) is 10.1. The van der Waals surface area contributed by atoms with Crippen molar-refractivity contribution in [1.82, 2.24) is 0 Å². The fraction of sp³-hybridized carbons (Fsp3) is 1.00. The summed E-state index contributed by atoms with van der Waals surface area (Å²) in [7, 11) is 0. The largest absolute Gasteiger partial charge is 0.0654 e. The normalized spacial score (nSPS) is 16.1. The lowest BCUT2D eigenvalue weighted by Crippen LogP contribution is -1.82. The Kier molecular flexibility index (Phi) is 7.17. The molecule has 0 unspecified atom stereocenters. The summed E-state index contributed by atoms with van der Waals surface area (Å²) in [4.78, 5) is 0. The highest BCUT2D eigenvalue weighted by atomic mass is 14.3. The van der Waals surface area contributed by atoms with Crippen molar-refractivity contribution in [2.45, 2.75) is 84.0 Å². The minimum atomic E-state index is 1.15. The molecular formula is C14H28. The summed E-state index contributed by atoms with van der Waals surface area (Å²) in [5, 5.41) is 0. The smallest absolute Gasteiger partial charge is 0.0414 e. The quantitative estimate of drug-likeness (QED) is 0.415. The van der Waals surface area contributed by atoms with Gasteiger partial charge in [0.15, 0.2) is 0 Å². The zero-order chi connectivity index (χ0) is 10.1. The van der Waals surface area contributed by atoms with Gasteiger partial charge in [-0.05, 0) is 5.92 Å². The van der Waals surface area contributed by atoms with Crippen molar-refractivity contribution >= 4 is 0 Å². The molecule has 0 aromatic rings. The first-order valence-corrected chi connectivity index (χ1v) is 6.93. The molecular weight excluding hydrogens is 168 g/mol. The van der Waals surface area contributed by atoms with Crippen LogP contribution in [0.1, 0.15) is 84.0 Å². The Labute approximate surface area is 90.5 Å². The van der Waals surface area contributed by atoms with Crippen molar-refractivity contribution in [3.63, 3.8) is 0 Å². The molecule has 0 atom stereocenters. The van der Waals surface area contributed by atoms with Crippen LogP contribution < -0.4 is 0 Å². The van der Waals surface area contributed by atoms with Gasteiger partial charge in [0, 0.05) is 0 Å². The first-order valence-electron chi connectivity index (χ1n) is 6.93. The van der Waals surface area contributed by atoms with Crippen molar-refractivity contribution in [1.29, 1.82) is 0 Å². The van der Waals surface area contributed by atoms with E-state index in [2.05, 4.69) is 6.92 Å². The SMILES string of the molecule is CCCCCCCCCCCC1CC1. The van der Waals surface area contributed by atoms with Crippen LogP contribution in [-0.2, 0) is 0 Å². The van der Waals surface area contributed by atoms with Gasteiger partial charge in [-0.25, -0.2) is 0 Å². The number of unbranched alkanes of at least 4 members (excludes halogenated alkanes) is 8. The molecule has 0 nitrogen and oxygen atoms in total. The average molecular weight is 196 g/mol. The number of hydrogen-bond acceptors (Lipinski definition) is 0. The molecule has 1 saturated carbocycles. The molecule has 0 heterocycles. The third-order valence-corrected chi connectivity index (χ3v) is 3.41. The van der Waals surface area contributed by atoms with Gasteiger partial charge in [0.25, 0.3) is 0 Å². The van der Waals surface area contributed by atoms with Gasteiger partial charge >= 0.3 is 0 Å². The van der Waals surface area contributed by atoms with Crippen LogP contribution in [0, 0.1) is 5.92 Å². The Balaban J connectivity index is 1.63.